The van der Waals surface area contributed by atoms with E-state index in [1.165, 1.54) is 0 Å². The van der Waals surface area contributed by atoms with Crippen LogP contribution in [0.4, 0.5) is 0 Å². The summed E-state index contributed by atoms with van der Waals surface area (Å²) in [4.78, 5) is 0. The van der Waals surface area contributed by atoms with Crippen molar-refractivity contribution in [1.29, 1.82) is 0 Å². The fourth-order valence-corrected chi connectivity index (χ4v) is 5.82. The zero-order chi connectivity index (χ0) is 16.3. The van der Waals surface area contributed by atoms with Crippen molar-refractivity contribution in [3.8, 4) is 0 Å². The molecule has 0 bridgehead atoms. The Balaban J connectivity index is 1.98. The van der Waals surface area contributed by atoms with Crippen LogP contribution >= 0.6 is 7.14 Å². The van der Waals surface area contributed by atoms with Gasteiger partial charge in [-0.15, -0.1) is 0 Å². The van der Waals surface area contributed by atoms with E-state index >= 15 is 0 Å². The van der Waals surface area contributed by atoms with Gasteiger partial charge in [0.05, 0.1) is 12.2 Å². The summed E-state index contributed by atoms with van der Waals surface area (Å²) in [7, 11) is -2.95. The second kappa shape index (κ2) is 6.98. The first-order chi connectivity index (χ1) is 11.1. The van der Waals surface area contributed by atoms with Crippen LogP contribution in [0, 0.1) is 0 Å². The number of aliphatic hydroxyl groups excluding tert-OH is 2. The zero-order valence-electron chi connectivity index (χ0n) is 12.8. The summed E-state index contributed by atoms with van der Waals surface area (Å²) in [5.41, 5.74) is 0. The Bertz CT molecular complexity index is 630. The van der Waals surface area contributed by atoms with Gasteiger partial charge in [0.2, 0.25) is 0 Å². The smallest absolute Gasteiger partial charge is 0.145 e. The third-order valence-corrected chi connectivity index (χ3v) is 7.44. The van der Waals surface area contributed by atoms with Gasteiger partial charge in [-0.25, -0.2) is 0 Å². The minimum Gasteiger partial charge on any atom is -0.390 e. The first-order valence-corrected chi connectivity index (χ1v) is 9.68. The maximum absolute atomic E-state index is 13.9. The Morgan fingerprint density at radius 2 is 1.48 bits per heavy atom. The first kappa shape index (κ1) is 16.4. The average molecular weight is 332 g/mol. The van der Waals surface area contributed by atoms with Crippen LogP contribution in [0.25, 0.3) is 0 Å². The number of ether oxygens (including phenoxy) is 1. The number of hydrogen-bond donors (Lipinski definition) is 2. The number of aliphatic hydroxyl groups is 2. The SMILES string of the molecule is O=P(C[C@H]1OCC[C@@H](O)[C@@H]1O)(c1ccccc1)c1ccccc1. The molecule has 2 N–H and O–H groups in total. The molecule has 1 heterocycles. The molecule has 0 radical (unpaired) electrons. The largest absolute Gasteiger partial charge is 0.390 e. The Labute approximate surface area is 136 Å². The fraction of sp³-hybridized carbons (Fsp3) is 0.333. The summed E-state index contributed by atoms with van der Waals surface area (Å²) >= 11 is 0. The Hall–Kier alpha value is -1.45. The molecule has 23 heavy (non-hydrogen) atoms. The lowest BCUT2D eigenvalue weighted by Crippen LogP contribution is -2.47. The van der Waals surface area contributed by atoms with Crippen LogP contribution in [-0.4, -0.2) is 41.3 Å². The predicted octanol–water partition coefficient (Wildman–Crippen LogP) is 1.51. The van der Waals surface area contributed by atoms with E-state index in [-0.39, 0.29) is 6.16 Å². The lowest BCUT2D eigenvalue weighted by atomic mass is 10.0. The van der Waals surface area contributed by atoms with Gasteiger partial charge >= 0.3 is 0 Å². The predicted molar refractivity (Wildman–Crippen MR) is 91.0 cm³/mol. The van der Waals surface area contributed by atoms with Gasteiger partial charge in [0.25, 0.3) is 0 Å². The molecule has 0 saturated carbocycles. The minimum atomic E-state index is -2.95. The van der Waals surface area contributed by atoms with E-state index in [1.54, 1.807) is 0 Å². The second-order valence-corrected chi connectivity index (χ2v) is 8.73. The highest BCUT2D eigenvalue weighted by Gasteiger charge is 2.38. The van der Waals surface area contributed by atoms with Gasteiger partial charge in [-0.3, -0.25) is 0 Å². The molecule has 1 saturated heterocycles. The van der Waals surface area contributed by atoms with Crippen molar-refractivity contribution in [2.75, 3.05) is 12.8 Å². The van der Waals surface area contributed by atoms with Crippen LogP contribution in [0.5, 0.6) is 0 Å². The van der Waals surface area contributed by atoms with Crippen molar-refractivity contribution in [2.24, 2.45) is 0 Å². The van der Waals surface area contributed by atoms with Gasteiger partial charge in [-0.05, 0) is 6.42 Å². The summed E-state index contributed by atoms with van der Waals surface area (Å²) in [5, 5.41) is 21.5. The maximum Gasteiger partial charge on any atom is 0.145 e. The molecule has 3 rings (SSSR count). The molecule has 0 amide bonds. The summed E-state index contributed by atoms with van der Waals surface area (Å²) < 4.78 is 19.5. The summed E-state index contributed by atoms with van der Waals surface area (Å²) in [6.07, 6.45) is -1.89. The quantitative estimate of drug-likeness (QED) is 0.833. The third kappa shape index (κ3) is 3.41. The lowest BCUT2D eigenvalue weighted by molar-refractivity contribution is -0.125. The monoisotopic (exact) mass is 332 g/mol. The van der Waals surface area contributed by atoms with E-state index in [0.29, 0.717) is 13.0 Å². The van der Waals surface area contributed by atoms with E-state index in [4.69, 9.17) is 4.74 Å². The Kier molecular flexibility index (Phi) is 4.98. The number of hydrogen-bond acceptors (Lipinski definition) is 4. The highest BCUT2D eigenvalue weighted by molar-refractivity contribution is 7.78. The van der Waals surface area contributed by atoms with Crippen molar-refractivity contribution >= 4 is 17.8 Å². The Morgan fingerprint density at radius 1 is 0.957 bits per heavy atom. The topological polar surface area (TPSA) is 66.8 Å². The fourth-order valence-electron chi connectivity index (χ4n) is 2.97. The highest BCUT2D eigenvalue weighted by atomic mass is 31.2. The van der Waals surface area contributed by atoms with Gasteiger partial charge in [-0.1, -0.05) is 60.7 Å². The van der Waals surface area contributed by atoms with Crippen LogP contribution in [0.15, 0.2) is 60.7 Å². The van der Waals surface area contributed by atoms with Crippen LogP contribution in [-0.2, 0) is 9.30 Å². The molecule has 1 fully saturated rings. The molecule has 2 aromatic carbocycles. The van der Waals surface area contributed by atoms with Crippen LogP contribution in [0.3, 0.4) is 0 Å². The molecule has 2 aromatic rings. The second-order valence-electron chi connectivity index (χ2n) is 5.85. The average Bonchev–Trinajstić information content (AvgIpc) is 2.60. The number of benzene rings is 2. The highest BCUT2D eigenvalue weighted by Crippen LogP contribution is 2.45. The van der Waals surface area contributed by atoms with Crippen molar-refractivity contribution in [2.45, 2.75) is 24.7 Å². The lowest BCUT2D eigenvalue weighted by Gasteiger charge is -2.34. The molecule has 1 aliphatic rings. The van der Waals surface area contributed by atoms with Crippen LogP contribution < -0.4 is 10.6 Å². The van der Waals surface area contributed by atoms with Crippen molar-refractivity contribution in [3.63, 3.8) is 0 Å². The van der Waals surface area contributed by atoms with Crippen molar-refractivity contribution in [3.05, 3.63) is 60.7 Å². The normalized spacial score (nSPS) is 25.2. The summed E-state index contributed by atoms with van der Waals surface area (Å²) in [6, 6.07) is 18.6. The van der Waals surface area contributed by atoms with Crippen molar-refractivity contribution < 1.29 is 19.5 Å². The summed E-state index contributed by atoms with van der Waals surface area (Å²) in [6.45, 7) is 0.368. The number of rotatable bonds is 4. The van der Waals surface area contributed by atoms with Gasteiger partial charge in [0, 0.05) is 23.4 Å². The molecule has 122 valence electrons. The van der Waals surface area contributed by atoms with Crippen molar-refractivity contribution in [1.82, 2.24) is 0 Å². The van der Waals surface area contributed by atoms with Crippen LogP contribution in [0.1, 0.15) is 6.42 Å². The molecule has 3 atom stereocenters. The van der Waals surface area contributed by atoms with Gasteiger partial charge < -0.3 is 19.5 Å². The van der Waals surface area contributed by atoms with Crippen LogP contribution in [0.2, 0.25) is 0 Å². The van der Waals surface area contributed by atoms with E-state index in [0.717, 1.165) is 10.6 Å². The Morgan fingerprint density at radius 3 is 2.00 bits per heavy atom. The molecule has 1 aliphatic heterocycles. The van der Waals surface area contributed by atoms with E-state index in [2.05, 4.69) is 0 Å². The first-order valence-electron chi connectivity index (χ1n) is 7.79. The zero-order valence-corrected chi connectivity index (χ0v) is 13.7. The molecule has 0 spiro atoms. The van der Waals surface area contributed by atoms with Gasteiger partial charge in [0.15, 0.2) is 0 Å². The molecule has 4 nitrogen and oxygen atoms in total. The minimum absolute atomic E-state index is 0.180. The maximum atomic E-state index is 13.9. The third-order valence-electron chi connectivity index (χ3n) is 4.30. The van der Waals surface area contributed by atoms with E-state index in [1.807, 2.05) is 60.7 Å². The van der Waals surface area contributed by atoms with E-state index < -0.39 is 25.5 Å². The van der Waals surface area contributed by atoms with Gasteiger partial charge in [0.1, 0.15) is 13.2 Å². The molecular formula is C18H21O4P. The molecule has 0 aliphatic carbocycles. The molecule has 0 unspecified atom stereocenters. The molecule has 5 heteroatoms. The molecule has 0 aromatic heterocycles. The summed E-state index contributed by atoms with van der Waals surface area (Å²) in [5.74, 6) is 0. The standard InChI is InChI=1S/C18H21O4P/c19-16-11-12-22-17(18(16)20)13-23(21,14-7-3-1-4-8-14)15-9-5-2-6-10-15/h1-10,16-20H,11-13H2/t16-,17-,18+/m1/s1. The van der Waals surface area contributed by atoms with E-state index in [9.17, 15) is 14.8 Å². The molecular weight excluding hydrogens is 311 g/mol. The van der Waals surface area contributed by atoms with Gasteiger partial charge in [-0.2, -0.15) is 0 Å².